The molecule has 0 atom stereocenters. The summed E-state index contributed by atoms with van der Waals surface area (Å²) in [7, 11) is 0. The third kappa shape index (κ3) is 3.90. The summed E-state index contributed by atoms with van der Waals surface area (Å²) in [6.07, 6.45) is 2.16. The van der Waals surface area contributed by atoms with Crippen LogP contribution in [0, 0.1) is 20.8 Å². The van der Waals surface area contributed by atoms with Crippen molar-refractivity contribution < 1.29 is 4.79 Å². The van der Waals surface area contributed by atoms with E-state index in [-0.39, 0.29) is 18.0 Å². The number of nitrogens with one attached hydrogen (secondary N) is 1. The first-order valence-corrected chi connectivity index (χ1v) is 8.64. The molecule has 0 radical (unpaired) electrons. The average Bonchev–Trinajstić information content (AvgIpc) is 3.07. The highest BCUT2D eigenvalue weighted by atomic mass is 16.2. The van der Waals surface area contributed by atoms with Crippen molar-refractivity contribution in [3.05, 3.63) is 51.4 Å². The number of rotatable bonds is 4. The van der Waals surface area contributed by atoms with Gasteiger partial charge in [-0.2, -0.15) is 0 Å². The van der Waals surface area contributed by atoms with Crippen LogP contribution in [0.15, 0.2) is 29.1 Å². The van der Waals surface area contributed by atoms with Gasteiger partial charge in [0.15, 0.2) is 0 Å². The molecule has 1 saturated heterocycles. The van der Waals surface area contributed by atoms with E-state index in [0.717, 1.165) is 42.7 Å². The summed E-state index contributed by atoms with van der Waals surface area (Å²) >= 11 is 0. The highest BCUT2D eigenvalue weighted by Crippen LogP contribution is 2.18. The standard InChI is InChI=1S/C19H24N4O2/c1-13-6-7-14(2)16(10-13)21-17(24)12-23-18(25)11-15(3)20-19(23)22-8-4-5-9-22/h6-7,10-11H,4-5,8-9,12H2,1-3H3,(H,21,24). The molecule has 2 aromatic rings. The third-order valence-corrected chi connectivity index (χ3v) is 4.47. The maximum Gasteiger partial charge on any atom is 0.255 e. The number of hydrogen-bond acceptors (Lipinski definition) is 4. The molecule has 3 rings (SSSR count). The van der Waals surface area contributed by atoms with Crippen molar-refractivity contribution in [3.8, 4) is 0 Å². The topological polar surface area (TPSA) is 67.2 Å². The Morgan fingerprint density at radius 1 is 1.16 bits per heavy atom. The first-order valence-electron chi connectivity index (χ1n) is 8.64. The highest BCUT2D eigenvalue weighted by molar-refractivity contribution is 5.91. The predicted molar refractivity (Wildman–Crippen MR) is 99.2 cm³/mol. The van der Waals surface area contributed by atoms with Gasteiger partial charge in [0.1, 0.15) is 6.54 Å². The van der Waals surface area contributed by atoms with Crippen molar-refractivity contribution in [2.24, 2.45) is 0 Å². The van der Waals surface area contributed by atoms with Gasteiger partial charge in [-0.25, -0.2) is 4.98 Å². The quantitative estimate of drug-likeness (QED) is 0.928. The molecule has 25 heavy (non-hydrogen) atoms. The first-order chi connectivity index (χ1) is 11.9. The SMILES string of the molecule is Cc1ccc(C)c(NC(=O)Cn2c(N3CCCC3)nc(C)cc2=O)c1. The number of nitrogens with zero attached hydrogens (tertiary/aromatic N) is 3. The van der Waals surface area contributed by atoms with Gasteiger partial charge in [0.2, 0.25) is 11.9 Å². The van der Waals surface area contributed by atoms with Crippen LogP contribution in [0.5, 0.6) is 0 Å². The Balaban J connectivity index is 1.85. The van der Waals surface area contributed by atoms with Gasteiger partial charge in [-0.15, -0.1) is 0 Å². The van der Waals surface area contributed by atoms with Crippen LogP contribution >= 0.6 is 0 Å². The van der Waals surface area contributed by atoms with E-state index < -0.39 is 0 Å². The molecule has 6 heteroatoms. The summed E-state index contributed by atoms with van der Waals surface area (Å²) in [6, 6.07) is 7.39. The molecular formula is C19H24N4O2. The molecular weight excluding hydrogens is 316 g/mol. The van der Waals surface area contributed by atoms with Crippen molar-refractivity contribution in [1.82, 2.24) is 9.55 Å². The van der Waals surface area contributed by atoms with E-state index in [9.17, 15) is 9.59 Å². The Kier molecular flexibility index (Phi) is 4.88. The average molecular weight is 340 g/mol. The number of aryl methyl sites for hydroxylation is 3. The van der Waals surface area contributed by atoms with Crippen LogP contribution in [0.4, 0.5) is 11.6 Å². The molecule has 1 aromatic heterocycles. The Morgan fingerprint density at radius 3 is 2.60 bits per heavy atom. The fourth-order valence-electron chi connectivity index (χ4n) is 3.12. The Labute approximate surface area is 147 Å². The Bertz CT molecular complexity index is 851. The Hall–Kier alpha value is -2.63. The number of benzene rings is 1. The minimum absolute atomic E-state index is 0.0364. The third-order valence-electron chi connectivity index (χ3n) is 4.47. The van der Waals surface area contributed by atoms with Crippen molar-refractivity contribution in [1.29, 1.82) is 0 Å². The molecule has 0 aliphatic carbocycles. The fourth-order valence-corrected chi connectivity index (χ4v) is 3.12. The van der Waals surface area contributed by atoms with Crippen LogP contribution in [0.3, 0.4) is 0 Å². The number of amides is 1. The van der Waals surface area contributed by atoms with Crippen LogP contribution in [0.1, 0.15) is 29.7 Å². The number of aromatic nitrogens is 2. The summed E-state index contributed by atoms with van der Waals surface area (Å²) < 4.78 is 1.47. The number of carbonyl (C=O) groups excluding carboxylic acids is 1. The number of carbonyl (C=O) groups is 1. The molecule has 1 amide bonds. The van der Waals surface area contributed by atoms with Crippen LogP contribution in [-0.2, 0) is 11.3 Å². The highest BCUT2D eigenvalue weighted by Gasteiger charge is 2.20. The van der Waals surface area contributed by atoms with Crippen molar-refractivity contribution in [3.63, 3.8) is 0 Å². The van der Waals surface area contributed by atoms with Gasteiger partial charge in [-0.05, 0) is 50.8 Å². The monoisotopic (exact) mass is 340 g/mol. The molecule has 0 bridgehead atoms. The summed E-state index contributed by atoms with van der Waals surface area (Å²) in [5.41, 5.74) is 3.34. The lowest BCUT2D eigenvalue weighted by molar-refractivity contribution is -0.116. The molecule has 0 saturated carbocycles. The van der Waals surface area contributed by atoms with Gasteiger partial charge >= 0.3 is 0 Å². The maximum absolute atomic E-state index is 12.5. The van der Waals surface area contributed by atoms with E-state index in [4.69, 9.17) is 0 Å². The molecule has 1 fully saturated rings. The van der Waals surface area contributed by atoms with Gasteiger partial charge in [-0.3, -0.25) is 14.2 Å². The minimum atomic E-state index is -0.220. The van der Waals surface area contributed by atoms with E-state index in [1.807, 2.05) is 39.0 Å². The van der Waals surface area contributed by atoms with Gasteiger partial charge in [-0.1, -0.05) is 12.1 Å². The smallest absolute Gasteiger partial charge is 0.255 e. The van der Waals surface area contributed by atoms with E-state index in [1.165, 1.54) is 10.6 Å². The summed E-state index contributed by atoms with van der Waals surface area (Å²) in [5.74, 6) is 0.375. The lowest BCUT2D eigenvalue weighted by atomic mass is 10.1. The molecule has 1 N–H and O–H groups in total. The second-order valence-corrected chi connectivity index (χ2v) is 6.68. The van der Waals surface area contributed by atoms with Gasteiger partial charge < -0.3 is 10.2 Å². The lowest BCUT2D eigenvalue weighted by Crippen LogP contribution is -2.34. The summed E-state index contributed by atoms with van der Waals surface area (Å²) in [6.45, 7) is 7.44. The van der Waals surface area contributed by atoms with Crippen molar-refractivity contribution >= 4 is 17.5 Å². The second-order valence-electron chi connectivity index (χ2n) is 6.68. The van der Waals surface area contributed by atoms with E-state index in [1.54, 1.807) is 0 Å². The van der Waals surface area contributed by atoms with E-state index in [0.29, 0.717) is 11.6 Å². The van der Waals surface area contributed by atoms with Crippen LogP contribution in [0.2, 0.25) is 0 Å². The molecule has 0 spiro atoms. The summed E-state index contributed by atoms with van der Waals surface area (Å²) in [5, 5.41) is 2.91. The lowest BCUT2D eigenvalue weighted by Gasteiger charge is -2.21. The zero-order valence-electron chi connectivity index (χ0n) is 15.0. The molecule has 1 aliphatic rings. The maximum atomic E-state index is 12.5. The number of anilines is 2. The van der Waals surface area contributed by atoms with Gasteiger partial charge in [0.25, 0.3) is 5.56 Å². The summed E-state index contributed by atoms with van der Waals surface area (Å²) in [4.78, 5) is 31.6. The van der Waals surface area contributed by atoms with Crippen molar-refractivity contribution in [2.45, 2.75) is 40.2 Å². The first kappa shape index (κ1) is 17.2. The molecule has 6 nitrogen and oxygen atoms in total. The second kappa shape index (κ2) is 7.09. The zero-order chi connectivity index (χ0) is 18.0. The van der Waals surface area contributed by atoms with Gasteiger partial charge in [0.05, 0.1) is 0 Å². The minimum Gasteiger partial charge on any atom is -0.342 e. The van der Waals surface area contributed by atoms with E-state index in [2.05, 4.69) is 15.2 Å². The largest absolute Gasteiger partial charge is 0.342 e. The zero-order valence-corrected chi connectivity index (χ0v) is 15.0. The molecule has 1 aliphatic heterocycles. The van der Waals surface area contributed by atoms with Crippen LogP contribution < -0.4 is 15.8 Å². The van der Waals surface area contributed by atoms with E-state index >= 15 is 0 Å². The molecule has 132 valence electrons. The molecule has 1 aromatic carbocycles. The molecule has 0 unspecified atom stereocenters. The van der Waals surface area contributed by atoms with Crippen molar-refractivity contribution in [2.75, 3.05) is 23.3 Å². The molecule has 2 heterocycles. The fraction of sp³-hybridized carbons (Fsp3) is 0.421. The van der Waals surface area contributed by atoms with Gasteiger partial charge in [0, 0.05) is 30.5 Å². The Morgan fingerprint density at radius 2 is 1.88 bits per heavy atom. The normalized spacial score (nSPS) is 14.0. The van der Waals surface area contributed by atoms with Crippen LogP contribution in [-0.4, -0.2) is 28.5 Å². The predicted octanol–water partition coefficient (Wildman–Crippen LogP) is 2.41. The number of hydrogen-bond donors (Lipinski definition) is 1. The van der Waals surface area contributed by atoms with Crippen LogP contribution in [0.25, 0.3) is 0 Å².